The van der Waals surface area contributed by atoms with Crippen LogP contribution in [0.1, 0.15) is 25.8 Å². The van der Waals surface area contributed by atoms with E-state index >= 15 is 0 Å². The molecule has 1 aromatic rings. The molecule has 0 unspecified atom stereocenters. The molecule has 0 aliphatic heterocycles. The summed E-state index contributed by atoms with van der Waals surface area (Å²) in [5.74, 6) is 0.498. The van der Waals surface area contributed by atoms with Crippen LogP contribution in [0.15, 0.2) is 46.9 Å². The van der Waals surface area contributed by atoms with E-state index in [0.717, 1.165) is 9.87 Å². The summed E-state index contributed by atoms with van der Waals surface area (Å²) in [6.07, 6.45) is 1.83. The van der Waals surface area contributed by atoms with Gasteiger partial charge in [0.25, 0.3) is 10.0 Å². The van der Waals surface area contributed by atoms with Crippen LogP contribution < -0.4 is 0 Å². The van der Waals surface area contributed by atoms with Gasteiger partial charge in [-0.15, -0.1) is 0 Å². The lowest BCUT2D eigenvalue weighted by molar-refractivity contribution is 0.560. The molecule has 0 aliphatic rings. The summed E-state index contributed by atoms with van der Waals surface area (Å²) in [6.45, 7) is 9.78. The molecule has 0 N–H and O–H groups in total. The van der Waals surface area contributed by atoms with Gasteiger partial charge in [0.05, 0.1) is 4.90 Å². The van der Waals surface area contributed by atoms with Gasteiger partial charge in [0, 0.05) is 19.2 Å². The van der Waals surface area contributed by atoms with Crippen molar-refractivity contribution in [1.82, 2.24) is 4.31 Å². The van der Waals surface area contributed by atoms with Crippen molar-refractivity contribution in [3.63, 3.8) is 0 Å². The van der Waals surface area contributed by atoms with E-state index in [-0.39, 0.29) is 4.90 Å². The van der Waals surface area contributed by atoms with E-state index in [1.807, 2.05) is 20.8 Å². The Morgan fingerprint density at radius 3 is 2.32 bits per heavy atom. The highest BCUT2D eigenvalue weighted by molar-refractivity contribution is 7.89. The molecule has 1 rings (SSSR count). The van der Waals surface area contributed by atoms with Gasteiger partial charge in [-0.05, 0) is 26.0 Å². The van der Waals surface area contributed by atoms with E-state index in [0.29, 0.717) is 18.8 Å². The third-order valence-electron chi connectivity index (χ3n) is 2.65. The van der Waals surface area contributed by atoms with Crippen molar-refractivity contribution >= 4 is 15.9 Å². The Kier molecular flexibility index (Phi) is 5.30. The number of nitrogens with zero attached hydrogens (tertiary/aromatic N) is 2. The second-order valence-corrected chi connectivity index (χ2v) is 5.86. The van der Waals surface area contributed by atoms with Gasteiger partial charge in [0.1, 0.15) is 5.84 Å². The second-order valence-electron chi connectivity index (χ2n) is 4.04. The Bertz CT molecular complexity index is 560. The maximum atomic E-state index is 12.5. The second kappa shape index (κ2) is 6.52. The van der Waals surface area contributed by atoms with Gasteiger partial charge in [0.15, 0.2) is 0 Å². The maximum Gasteiger partial charge on any atom is 0.269 e. The standard InChI is InChI=1S/C14H20N2O2S/c1-5-14(15-6-2)16(7-3)19(17,18)13-10-8-12(4)9-11-13/h7-11H,3,5-6H2,1-2,4H3. The molecule has 0 fully saturated rings. The number of rotatable bonds is 5. The number of benzene rings is 1. The lowest BCUT2D eigenvalue weighted by Gasteiger charge is -2.21. The van der Waals surface area contributed by atoms with Crippen LogP contribution in [-0.4, -0.2) is 25.1 Å². The average molecular weight is 280 g/mol. The summed E-state index contributed by atoms with van der Waals surface area (Å²) in [5.41, 5.74) is 1.02. The predicted molar refractivity (Wildman–Crippen MR) is 78.7 cm³/mol. The van der Waals surface area contributed by atoms with Gasteiger partial charge >= 0.3 is 0 Å². The smallest absolute Gasteiger partial charge is 0.269 e. The van der Waals surface area contributed by atoms with Gasteiger partial charge in [-0.1, -0.05) is 31.2 Å². The minimum absolute atomic E-state index is 0.246. The van der Waals surface area contributed by atoms with Gasteiger partial charge in [-0.25, -0.2) is 12.7 Å². The Hall–Kier alpha value is -1.62. The first-order valence-corrected chi connectivity index (χ1v) is 7.68. The third-order valence-corrected chi connectivity index (χ3v) is 4.40. The topological polar surface area (TPSA) is 49.7 Å². The number of aryl methyl sites for hydroxylation is 1. The van der Waals surface area contributed by atoms with Crippen molar-refractivity contribution in [2.45, 2.75) is 32.1 Å². The van der Waals surface area contributed by atoms with Crippen LogP contribution in [0.3, 0.4) is 0 Å². The minimum atomic E-state index is -3.62. The highest BCUT2D eigenvalue weighted by atomic mass is 32.2. The molecule has 0 aliphatic carbocycles. The van der Waals surface area contributed by atoms with Crippen molar-refractivity contribution in [1.29, 1.82) is 0 Å². The molecule has 19 heavy (non-hydrogen) atoms. The van der Waals surface area contributed by atoms with E-state index in [2.05, 4.69) is 11.6 Å². The molecule has 0 heterocycles. The Morgan fingerprint density at radius 2 is 1.89 bits per heavy atom. The Balaban J connectivity index is 3.26. The number of sulfonamides is 1. The van der Waals surface area contributed by atoms with Crippen LogP contribution in [-0.2, 0) is 10.0 Å². The molecule has 4 nitrogen and oxygen atoms in total. The summed E-state index contributed by atoms with van der Waals surface area (Å²) in [7, 11) is -3.62. The maximum absolute atomic E-state index is 12.5. The molecule has 0 amide bonds. The van der Waals surface area contributed by atoms with E-state index in [1.165, 1.54) is 6.20 Å². The Labute approximate surface area is 115 Å². The number of aliphatic imine (C=N–C) groups is 1. The zero-order chi connectivity index (χ0) is 14.5. The number of hydrogen-bond donors (Lipinski definition) is 0. The Morgan fingerprint density at radius 1 is 1.32 bits per heavy atom. The fourth-order valence-corrected chi connectivity index (χ4v) is 3.05. The molecular weight excluding hydrogens is 260 g/mol. The van der Waals surface area contributed by atoms with E-state index in [4.69, 9.17) is 0 Å². The van der Waals surface area contributed by atoms with Gasteiger partial charge < -0.3 is 0 Å². The molecule has 5 heteroatoms. The quantitative estimate of drug-likeness (QED) is 0.615. The molecule has 104 valence electrons. The zero-order valence-corrected chi connectivity index (χ0v) is 12.4. The molecule has 0 saturated carbocycles. The lowest BCUT2D eigenvalue weighted by atomic mass is 10.2. The molecular formula is C14H20N2O2S. The summed E-state index contributed by atoms with van der Waals surface area (Å²) in [5, 5.41) is 0. The minimum Gasteiger partial charge on any atom is -0.271 e. The van der Waals surface area contributed by atoms with Crippen LogP contribution in [0.25, 0.3) is 0 Å². The highest BCUT2D eigenvalue weighted by Gasteiger charge is 2.24. The number of hydrogen-bond acceptors (Lipinski definition) is 3. The fourth-order valence-electron chi connectivity index (χ4n) is 1.69. The molecule has 0 saturated heterocycles. The summed E-state index contributed by atoms with van der Waals surface area (Å²) < 4.78 is 26.2. The molecule has 0 radical (unpaired) electrons. The SMILES string of the molecule is C=CN(C(CC)=NCC)S(=O)(=O)c1ccc(C)cc1. The van der Waals surface area contributed by atoms with Crippen molar-refractivity contribution in [3.05, 3.63) is 42.6 Å². The van der Waals surface area contributed by atoms with Crippen molar-refractivity contribution in [2.75, 3.05) is 6.54 Å². The molecule has 0 atom stereocenters. The van der Waals surface area contributed by atoms with Gasteiger partial charge in [-0.2, -0.15) is 0 Å². The van der Waals surface area contributed by atoms with E-state index in [9.17, 15) is 8.42 Å². The van der Waals surface area contributed by atoms with Crippen LogP contribution in [0.4, 0.5) is 0 Å². The average Bonchev–Trinajstić information content (AvgIpc) is 2.38. The third kappa shape index (κ3) is 3.44. The zero-order valence-electron chi connectivity index (χ0n) is 11.6. The molecule has 0 aromatic heterocycles. The van der Waals surface area contributed by atoms with Crippen LogP contribution in [0.2, 0.25) is 0 Å². The van der Waals surface area contributed by atoms with Crippen molar-refractivity contribution in [3.8, 4) is 0 Å². The normalized spacial score (nSPS) is 12.3. The fraction of sp³-hybridized carbons (Fsp3) is 0.357. The van der Waals surface area contributed by atoms with Gasteiger partial charge in [-0.3, -0.25) is 4.99 Å². The predicted octanol–water partition coefficient (Wildman–Crippen LogP) is 2.96. The largest absolute Gasteiger partial charge is 0.271 e. The molecule has 0 bridgehead atoms. The number of amidine groups is 1. The van der Waals surface area contributed by atoms with Crippen molar-refractivity contribution < 1.29 is 8.42 Å². The first-order valence-electron chi connectivity index (χ1n) is 6.24. The van der Waals surface area contributed by atoms with Crippen LogP contribution in [0.5, 0.6) is 0 Å². The van der Waals surface area contributed by atoms with Gasteiger partial charge in [0.2, 0.25) is 0 Å². The molecule has 0 spiro atoms. The molecule has 1 aromatic carbocycles. The summed E-state index contributed by atoms with van der Waals surface area (Å²) in [6, 6.07) is 6.74. The van der Waals surface area contributed by atoms with Crippen LogP contribution >= 0.6 is 0 Å². The van der Waals surface area contributed by atoms with E-state index in [1.54, 1.807) is 24.3 Å². The summed E-state index contributed by atoms with van der Waals surface area (Å²) >= 11 is 0. The van der Waals surface area contributed by atoms with Crippen molar-refractivity contribution in [2.24, 2.45) is 4.99 Å². The lowest BCUT2D eigenvalue weighted by Crippen LogP contribution is -2.32. The first-order chi connectivity index (χ1) is 8.97. The monoisotopic (exact) mass is 280 g/mol. The highest BCUT2D eigenvalue weighted by Crippen LogP contribution is 2.18. The summed E-state index contributed by atoms with van der Waals surface area (Å²) in [4.78, 5) is 4.46. The van der Waals surface area contributed by atoms with E-state index < -0.39 is 10.0 Å². The first kappa shape index (κ1) is 15.4. The van der Waals surface area contributed by atoms with Crippen LogP contribution in [0, 0.1) is 6.92 Å².